The van der Waals surface area contributed by atoms with E-state index in [0.717, 1.165) is 24.0 Å². The maximum Gasteiger partial charge on any atom is 0.226 e. The minimum atomic E-state index is -2.08. The van der Waals surface area contributed by atoms with Crippen LogP contribution in [0.2, 0.25) is 18.1 Å². The summed E-state index contributed by atoms with van der Waals surface area (Å²) in [5, 5.41) is 3.22. The molecular formula is C25H41NO4Si. The molecular weight excluding hydrogens is 406 g/mol. The van der Waals surface area contributed by atoms with Crippen LogP contribution in [0, 0.1) is 11.8 Å². The topological polar surface area (TPSA) is 56.8 Å². The molecule has 0 spiro atoms. The number of hydrogen-bond acceptors (Lipinski definition) is 4. The molecule has 1 heterocycles. The molecule has 0 aliphatic carbocycles. The molecule has 2 unspecified atom stereocenters. The van der Waals surface area contributed by atoms with Gasteiger partial charge in [0.05, 0.1) is 26.2 Å². The molecule has 1 aromatic carbocycles. The van der Waals surface area contributed by atoms with Gasteiger partial charge in [0.1, 0.15) is 0 Å². The first kappa shape index (κ1) is 25.5. The highest BCUT2D eigenvalue weighted by Crippen LogP contribution is 2.39. The minimum absolute atomic E-state index is 0.0590. The lowest BCUT2D eigenvalue weighted by atomic mass is 9.89. The fourth-order valence-electron chi connectivity index (χ4n) is 3.63. The number of hydrogen-bond donors (Lipinski definition) is 1. The van der Waals surface area contributed by atoms with E-state index in [1.54, 1.807) is 14.2 Å². The Balaban J connectivity index is 2.55. The van der Waals surface area contributed by atoms with Crippen molar-refractivity contribution in [2.45, 2.75) is 71.7 Å². The van der Waals surface area contributed by atoms with E-state index >= 15 is 0 Å². The monoisotopic (exact) mass is 447 g/mol. The number of rotatable bonds is 6. The third-order valence-electron chi connectivity index (χ3n) is 6.50. The number of carbonyl (C=O) groups excluding carboxylic acids is 1. The van der Waals surface area contributed by atoms with Crippen LogP contribution >= 0.6 is 0 Å². The quantitative estimate of drug-likeness (QED) is 0.590. The molecule has 0 radical (unpaired) electrons. The van der Waals surface area contributed by atoms with E-state index in [1.807, 2.05) is 12.1 Å². The Bertz CT molecular complexity index is 795. The fourth-order valence-corrected chi connectivity index (χ4v) is 4.91. The van der Waals surface area contributed by atoms with Gasteiger partial charge < -0.3 is 19.2 Å². The zero-order valence-corrected chi connectivity index (χ0v) is 21.8. The van der Waals surface area contributed by atoms with Crippen LogP contribution in [-0.2, 0) is 15.6 Å². The summed E-state index contributed by atoms with van der Waals surface area (Å²) in [5.41, 5.74) is 2.18. The Labute approximate surface area is 189 Å². The van der Waals surface area contributed by atoms with Gasteiger partial charge in [0, 0.05) is 6.54 Å². The highest BCUT2D eigenvalue weighted by Gasteiger charge is 2.41. The highest BCUT2D eigenvalue weighted by molar-refractivity contribution is 6.74. The van der Waals surface area contributed by atoms with Crippen LogP contribution in [0.3, 0.4) is 0 Å². The van der Waals surface area contributed by atoms with Crippen molar-refractivity contribution in [1.29, 1.82) is 0 Å². The largest absolute Gasteiger partial charge is 0.493 e. The Kier molecular flexibility index (Phi) is 8.39. The van der Waals surface area contributed by atoms with E-state index in [0.29, 0.717) is 24.0 Å². The summed E-state index contributed by atoms with van der Waals surface area (Å²) in [5.74, 6) is 1.66. The lowest BCUT2D eigenvalue weighted by Gasteiger charge is -2.40. The van der Waals surface area contributed by atoms with Gasteiger partial charge in [-0.3, -0.25) is 4.79 Å². The first-order valence-corrected chi connectivity index (χ1v) is 14.2. The van der Waals surface area contributed by atoms with Crippen molar-refractivity contribution in [3.8, 4) is 11.5 Å². The molecule has 6 heteroatoms. The molecule has 0 aromatic heterocycles. The normalized spacial score (nSPS) is 20.3. The molecule has 0 saturated carbocycles. The Morgan fingerprint density at radius 1 is 1.13 bits per heavy atom. The predicted molar refractivity (Wildman–Crippen MR) is 130 cm³/mol. The van der Waals surface area contributed by atoms with Crippen molar-refractivity contribution in [3.63, 3.8) is 0 Å². The van der Waals surface area contributed by atoms with Gasteiger partial charge in [-0.15, -0.1) is 0 Å². The lowest BCUT2D eigenvalue weighted by molar-refractivity contribution is -0.127. The molecule has 2 rings (SSSR count). The van der Waals surface area contributed by atoms with Crippen molar-refractivity contribution < 1.29 is 18.7 Å². The van der Waals surface area contributed by atoms with Gasteiger partial charge in [-0.1, -0.05) is 46.8 Å². The number of methoxy groups -OCH3 is 2. The Morgan fingerprint density at radius 2 is 1.74 bits per heavy atom. The second-order valence-corrected chi connectivity index (χ2v) is 15.1. The second-order valence-electron chi connectivity index (χ2n) is 10.4. The second kappa shape index (κ2) is 10.2. The van der Waals surface area contributed by atoms with Crippen LogP contribution in [-0.4, -0.2) is 41.1 Å². The van der Waals surface area contributed by atoms with Crippen LogP contribution in [0.5, 0.6) is 11.5 Å². The third kappa shape index (κ3) is 6.36. The molecule has 1 aliphatic rings. The van der Waals surface area contributed by atoms with E-state index in [2.05, 4.69) is 65.2 Å². The van der Waals surface area contributed by atoms with Gasteiger partial charge >= 0.3 is 0 Å². The molecule has 1 amide bonds. The van der Waals surface area contributed by atoms with Crippen molar-refractivity contribution in [1.82, 2.24) is 5.32 Å². The van der Waals surface area contributed by atoms with Crippen molar-refractivity contribution in [2.24, 2.45) is 11.8 Å². The zero-order chi connectivity index (χ0) is 23.4. The molecule has 0 bridgehead atoms. The maximum atomic E-state index is 13.2. The number of carbonyl (C=O) groups is 1. The van der Waals surface area contributed by atoms with Gasteiger partial charge in [0.15, 0.2) is 19.8 Å². The van der Waals surface area contributed by atoms with Crippen LogP contribution < -0.4 is 14.8 Å². The van der Waals surface area contributed by atoms with Crippen LogP contribution in [0.25, 0.3) is 6.08 Å². The standard InChI is InChI=1S/C25H41NO4Si/c1-17(2)14-20-21(30-31(8,9)25(3,4)5)11-10-18-15-22(28-6)23(29-7)16-19(18)12-13-26-24(20)27/h10-11,15-17,20-21H,12-14H2,1-9H3,(H,26,27). The van der Waals surface area contributed by atoms with Gasteiger partial charge in [0.2, 0.25) is 5.91 Å². The van der Waals surface area contributed by atoms with Crippen LogP contribution in [0.1, 0.15) is 52.2 Å². The Hall–Kier alpha value is -1.79. The van der Waals surface area contributed by atoms with Gasteiger partial charge in [0.25, 0.3) is 0 Å². The van der Waals surface area contributed by atoms with Crippen molar-refractivity contribution in [2.75, 3.05) is 20.8 Å². The van der Waals surface area contributed by atoms with Crippen molar-refractivity contribution in [3.05, 3.63) is 29.3 Å². The molecule has 2 atom stereocenters. The summed E-state index contributed by atoms with van der Waals surface area (Å²) in [4.78, 5) is 13.2. The highest BCUT2D eigenvalue weighted by atomic mass is 28.4. The number of amides is 1. The van der Waals surface area contributed by atoms with E-state index in [1.165, 1.54) is 0 Å². The number of fused-ring (bicyclic) bond motifs is 1. The van der Waals surface area contributed by atoms with E-state index in [-0.39, 0.29) is 23.0 Å². The lowest BCUT2D eigenvalue weighted by Crippen LogP contribution is -2.48. The summed E-state index contributed by atoms with van der Waals surface area (Å²) in [6.45, 7) is 16.1. The summed E-state index contributed by atoms with van der Waals surface area (Å²) < 4.78 is 17.8. The molecule has 5 nitrogen and oxygen atoms in total. The SMILES string of the molecule is COc1cc2c(cc1OC)CCNC(=O)C(CC(C)C)C(O[Si](C)(C)C(C)(C)C)C=C2. The number of nitrogens with one attached hydrogen (secondary N) is 1. The summed E-state index contributed by atoms with van der Waals surface area (Å²) in [6, 6.07) is 4.01. The maximum absolute atomic E-state index is 13.2. The molecule has 1 aromatic rings. The minimum Gasteiger partial charge on any atom is -0.493 e. The van der Waals surface area contributed by atoms with Gasteiger partial charge in [-0.25, -0.2) is 0 Å². The van der Waals surface area contributed by atoms with E-state index < -0.39 is 8.32 Å². The Morgan fingerprint density at radius 3 is 2.29 bits per heavy atom. The molecule has 0 fully saturated rings. The smallest absolute Gasteiger partial charge is 0.226 e. The summed E-state index contributed by atoms with van der Waals surface area (Å²) >= 11 is 0. The summed E-state index contributed by atoms with van der Waals surface area (Å²) in [6.07, 6.45) is 5.43. The average Bonchev–Trinajstić information content (AvgIpc) is 2.67. The van der Waals surface area contributed by atoms with E-state index in [9.17, 15) is 4.79 Å². The van der Waals surface area contributed by atoms with Crippen LogP contribution in [0.15, 0.2) is 18.2 Å². The van der Waals surface area contributed by atoms with Gasteiger partial charge in [-0.2, -0.15) is 0 Å². The fraction of sp³-hybridized carbons (Fsp3) is 0.640. The van der Waals surface area contributed by atoms with Crippen molar-refractivity contribution >= 4 is 20.3 Å². The molecule has 1 aliphatic heterocycles. The molecule has 174 valence electrons. The first-order chi connectivity index (χ1) is 14.4. The van der Waals surface area contributed by atoms with Gasteiger partial charge in [-0.05, 0) is 60.2 Å². The predicted octanol–water partition coefficient (Wildman–Crippen LogP) is 5.44. The molecule has 1 N–H and O–H groups in total. The number of benzene rings is 1. The molecule has 0 saturated heterocycles. The van der Waals surface area contributed by atoms with Crippen LogP contribution in [0.4, 0.5) is 0 Å². The first-order valence-electron chi connectivity index (χ1n) is 11.3. The van der Waals surface area contributed by atoms with E-state index in [4.69, 9.17) is 13.9 Å². The molecule has 31 heavy (non-hydrogen) atoms. The third-order valence-corrected chi connectivity index (χ3v) is 11.0. The summed E-state index contributed by atoms with van der Waals surface area (Å²) in [7, 11) is 1.21. The number of ether oxygens (including phenoxy) is 2. The zero-order valence-electron chi connectivity index (χ0n) is 20.8. The average molecular weight is 448 g/mol.